The maximum Gasteiger partial charge on any atom is 0.227 e. The van der Waals surface area contributed by atoms with Crippen LogP contribution in [0.15, 0.2) is 42.9 Å². The Balaban J connectivity index is 1.49. The van der Waals surface area contributed by atoms with E-state index in [9.17, 15) is 9.18 Å². The van der Waals surface area contributed by atoms with Crippen molar-refractivity contribution in [2.24, 2.45) is 0 Å². The fourth-order valence-corrected chi connectivity index (χ4v) is 3.65. The Bertz CT molecular complexity index is 935. The van der Waals surface area contributed by atoms with Crippen LogP contribution in [0, 0.1) is 12.7 Å². The smallest absolute Gasteiger partial charge is 0.227 e. The summed E-state index contributed by atoms with van der Waals surface area (Å²) >= 11 is 0. The number of hydrogen-bond acceptors (Lipinski definition) is 3. The van der Waals surface area contributed by atoms with E-state index in [4.69, 9.17) is 4.98 Å². The number of halogens is 1. The number of fused-ring (bicyclic) bond motifs is 1. The standard InChI is InChI=1S/C20H21FN4O/c1-14-23-19(10-18-11-22-13-25(14)18)16-3-2-8-24(12-16)20(26)9-15-4-6-17(21)7-5-15/h4-7,10-11,13,16H,2-3,8-9,12H2,1H3/t16-/m1/s1. The van der Waals surface area contributed by atoms with Gasteiger partial charge in [0.2, 0.25) is 5.91 Å². The average Bonchev–Trinajstić information content (AvgIpc) is 3.13. The van der Waals surface area contributed by atoms with E-state index >= 15 is 0 Å². The number of benzene rings is 1. The molecule has 0 bridgehead atoms. The molecular weight excluding hydrogens is 331 g/mol. The van der Waals surface area contributed by atoms with Gasteiger partial charge in [0.25, 0.3) is 0 Å². The maximum absolute atomic E-state index is 13.0. The van der Waals surface area contributed by atoms with E-state index in [1.54, 1.807) is 18.5 Å². The normalized spacial score (nSPS) is 17.6. The van der Waals surface area contributed by atoms with Crippen LogP contribution in [0.25, 0.3) is 5.52 Å². The van der Waals surface area contributed by atoms with Gasteiger partial charge in [0.1, 0.15) is 18.0 Å². The highest BCUT2D eigenvalue weighted by Gasteiger charge is 2.26. The summed E-state index contributed by atoms with van der Waals surface area (Å²) in [5.41, 5.74) is 2.89. The maximum atomic E-state index is 13.0. The molecule has 26 heavy (non-hydrogen) atoms. The molecule has 1 aliphatic heterocycles. The van der Waals surface area contributed by atoms with Gasteiger partial charge in [0, 0.05) is 24.7 Å². The Morgan fingerprint density at radius 2 is 2.12 bits per heavy atom. The Kier molecular flexibility index (Phi) is 4.41. The summed E-state index contributed by atoms with van der Waals surface area (Å²) in [5, 5.41) is 0. The number of carbonyl (C=O) groups is 1. The number of imidazole rings is 1. The third kappa shape index (κ3) is 3.31. The molecule has 0 aliphatic carbocycles. The number of aromatic nitrogens is 3. The first-order valence-electron chi connectivity index (χ1n) is 8.92. The van der Waals surface area contributed by atoms with E-state index in [2.05, 4.69) is 11.1 Å². The molecule has 3 aromatic rings. The molecule has 0 radical (unpaired) electrons. The van der Waals surface area contributed by atoms with Gasteiger partial charge >= 0.3 is 0 Å². The quantitative estimate of drug-likeness (QED) is 0.728. The molecule has 0 spiro atoms. The molecule has 0 unspecified atom stereocenters. The summed E-state index contributed by atoms with van der Waals surface area (Å²) in [7, 11) is 0. The molecule has 1 saturated heterocycles. The number of nitrogens with zero attached hydrogens (tertiary/aromatic N) is 4. The van der Waals surface area contributed by atoms with Crippen LogP contribution in [-0.2, 0) is 11.2 Å². The lowest BCUT2D eigenvalue weighted by atomic mass is 9.93. The summed E-state index contributed by atoms with van der Waals surface area (Å²) in [4.78, 5) is 23.5. The van der Waals surface area contributed by atoms with Crippen molar-refractivity contribution in [1.29, 1.82) is 0 Å². The molecular formula is C20H21FN4O. The lowest BCUT2D eigenvalue weighted by molar-refractivity contribution is -0.131. The Hall–Kier alpha value is -2.76. The van der Waals surface area contributed by atoms with Gasteiger partial charge < -0.3 is 4.90 Å². The van der Waals surface area contributed by atoms with Crippen LogP contribution in [0.5, 0.6) is 0 Å². The van der Waals surface area contributed by atoms with Gasteiger partial charge in [-0.2, -0.15) is 0 Å². The molecule has 1 atom stereocenters. The van der Waals surface area contributed by atoms with Crippen LogP contribution in [0.3, 0.4) is 0 Å². The SMILES string of the molecule is Cc1nc([C@@H]2CCCN(C(=O)Cc3ccc(F)cc3)C2)cc2cncn12. The molecule has 1 fully saturated rings. The monoisotopic (exact) mass is 352 g/mol. The molecule has 3 heterocycles. The number of piperidine rings is 1. The second-order valence-corrected chi connectivity index (χ2v) is 6.90. The van der Waals surface area contributed by atoms with Gasteiger partial charge in [-0.05, 0) is 43.5 Å². The number of carbonyl (C=O) groups excluding carboxylic acids is 1. The van der Waals surface area contributed by atoms with Crippen molar-refractivity contribution in [3.63, 3.8) is 0 Å². The number of rotatable bonds is 3. The largest absolute Gasteiger partial charge is 0.342 e. The number of likely N-dealkylation sites (tertiary alicyclic amines) is 1. The highest BCUT2D eigenvalue weighted by atomic mass is 19.1. The highest BCUT2D eigenvalue weighted by molar-refractivity contribution is 5.79. The third-order valence-electron chi connectivity index (χ3n) is 5.06. The average molecular weight is 352 g/mol. The Morgan fingerprint density at radius 1 is 1.31 bits per heavy atom. The van der Waals surface area contributed by atoms with Crippen LogP contribution in [0.1, 0.15) is 35.8 Å². The van der Waals surface area contributed by atoms with E-state index in [1.807, 2.05) is 22.4 Å². The summed E-state index contributed by atoms with van der Waals surface area (Å²) < 4.78 is 15.0. The summed E-state index contributed by atoms with van der Waals surface area (Å²) in [6.07, 6.45) is 5.89. The second kappa shape index (κ2) is 6.86. The molecule has 6 heteroatoms. The van der Waals surface area contributed by atoms with E-state index in [1.165, 1.54) is 12.1 Å². The van der Waals surface area contributed by atoms with Crippen LogP contribution in [-0.4, -0.2) is 38.3 Å². The minimum Gasteiger partial charge on any atom is -0.342 e. The van der Waals surface area contributed by atoms with Crippen LogP contribution in [0.4, 0.5) is 4.39 Å². The zero-order chi connectivity index (χ0) is 18.1. The van der Waals surface area contributed by atoms with Gasteiger partial charge in [-0.15, -0.1) is 0 Å². The predicted molar refractivity (Wildman–Crippen MR) is 96.4 cm³/mol. The molecule has 1 aromatic carbocycles. The molecule has 4 rings (SSSR count). The molecule has 134 valence electrons. The lowest BCUT2D eigenvalue weighted by Crippen LogP contribution is -2.40. The molecule has 1 amide bonds. The molecule has 1 aliphatic rings. The fourth-order valence-electron chi connectivity index (χ4n) is 3.65. The van der Waals surface area contributed by atoms with Crippen molar-refractivity contribution in [2.75, 3.05) is 13.1 Å². The number of aryl methyl sites for hydroxylation is 1. The minimum absolute atomic E-state index is 0.0865. The number of amides is 1. The first-order valence-corrected chi connectivity index (χ1v) is 8.92. The zero-order valence-electron chi connectivity index (χ0n) is 14.7. The van der Waals surface area contributed by atoms with Crippen molar-refractivity contribution < 1.29 is 9.18 Å². The Morgan fingerprint density at radius 3 is 2.92 bits per heavy atom. The van der Waals surface area contributed by atoms with Gasteiger partial charge in [0.05, 0.1) is 18.1 Å². The summed E-state index contributed by atoms with van der Waals surface area (Å²) in [5.74, 6) is 0.948. The van der Waals surface area contributed by atoms with Crippen molar-refractivity contribution in [1.82, 2.24) is 19.3 Å². The zero-order valence-corrected chi connectivity index (χ0v) is 14.7. The van der Waals surface area contributed by atoms with Gasteiger partial charge in [-0.25, -0.2) is 14.4 Å². The van der Waals surface area contributed by atoms with Crippen LogP contribution >= 0.6 is 0 Å². The van der Waals surface area contributed by atoms with Crippen molar-refractivity contribution >= 4 is 11.4 Å². The van der Waals surface area contributed by atoms with Gasteiger partial charge in [-0.1, -0.05) is 12.1 Å². The van der Waals surface area contributed by atoms with Gasteiger partial charge in [-0.3, -0.25) is 9.20 Å². The molecule has 0 N–H and O–H groups in total. The van der Waals surface area contributed by atoms with E-state index in [-0.39, 0.29) is 17.6 Å². The van der Waals surface area contributed by atoms with Gasteiger partial charge in [0.15, 0.2) is 0 Å². The fraction of sp³-hybridized carbons (Fsp3) is 0.350. The van der Waals surface area contributed by atoms with Crippen molar-refractivity contribution in [3.05, 3.63) is 65.8 Å². The molecule has 5 nitrogen and oxygen atoms in total. The summed E-state index contributed by atoms with van der Waals surface area (Å²) in [6.45, 7) is 3.42. The molecule has 2 aromatic heterocycles. The topological polar surface area (TPSA) is 50.5 Å². The first-order chi connectivity index (χ1) is 12.6. The van der Waals surface area contributed by atoms with Crippen molar-refractivity contribution in [2.45, 2.75) is 32.1 Å². The van der Waals surface area contributed by atoms with E-state index < -0.39 is 0 Å². The lowest BCUT2D eigenvalue weighted by Gasteiger charge is -2.32. The summed E-state index contributed by atoms with van der Waals surface area (Å²) in [6, 6.07) is 8.21. The molecule has 0 saturated carbocycles. The van der Waals surface area contributed by atoms with E-state index in [0.29, 0.717) is 13.0 Å². The third-order valence-corrected chi connectivity index (χ3v) is 5.06. The second-order valence-electron chi connectivity index (χ2n) is 6.90. The number of hydrogen-bond donors (Lipinski definition) is 0. The van der Waals surface area contributed by atoms with Crippen LogP contribution in [0.2, 0.25) is 0 Å². The predicted octanol–water partition coefficient (Wildman–Crippen LogP) is 3.13. The van der Waals surface area contributed by atoms with Crippen molar-refractivity contribution in [3.8, 4) is 0 Å². The van der Waals surface area contributed by atoms with Crippen LogP contribution < -0.4 is 0 Å². The minimum atomic E-state index is -0.282. The highest BCUT2D eigenvalue weighted by Crippen LogP contribution is 2.27. The first kappa shape index (κ1) is 16.7. The Labute approximate surface area is 151 Å². The van der Waals surface area contributed by atoms with E-state index in [0.717, 1.165) is 42.0 Å².